The Morgan fingerprint density at radius 1 is 0.917 bits per heavy atom. The average molecular weight is 272 g/mol. The summed E-state index contributed by atoms with van der Waals surface area (Å²) in [5, 5.41) is 1.20. The SMILES string of the molecule is Cl.[Pd].c1ccc2ncccc2c1. The first-order chi connectivity index (χ1) is 4.97. The van der Waals surface area contributed by atoms with Crippen LogP contribution in [0.4, 0.5) is 0 Å². The molecular formula is C9H8ClNPd. The Bertz CT molecular complexity index is 286. The van der Waals surface area contributed by atoms with Gasteiger partial charge in [0.2, 0.25) is 0 Å². The molecule has 0 aliphatic rings. The molecule has 0 aliphatic heterocycles. The maximum absolute atomic E-state index is 4.18. The predicted octanol–water partition coefficient (Wildman–Crippen LogP) is 2.65. The van der Waals surface area contributed by atoms with Crippen molar-refractivity contribution in [1.82, 2.24) is 4.98 Å². The van der Waals surface area contributed by atoms with Crippen LogP contribution in [0.25, 0.3) is 10.9 Å². The van der Waals surface area contributed by atoms with Gasteiger partial charge < -0.3 is 0 Å². The molecule has 2 rings (SSSR count). The van der Waals surface area contributed by atoms with Gasteiger partial charge >= 0.3 is 0 Å². The van der Waals surface area contributed by atoms with Crippen molar-refractivity contribution in [1.29, 1.82) is 0 Å². The number of hydrogen-bond acceptors (Lipinski definition) is 1. The first-order valence-corrected chi connectivity index (χ1v) is 3.26. The monoisotopic (exact) mass is 271 g/mol. The van der Waals surface area contributed by atoms with Gasteiger partial charge in [-0.25, -0.2) is 0 Å². The van der Waals surface area contributed by atoms with E-state index in [9.17, 15) is 0 Å². The molecule has 3 heteroatoms. The van der Waals surface area contributed by atoms with Gasteiger partial charge in [0.15, 0.2) is 0 Å². The third-order valence-corrected chi connectivity index (χ3v) is 1.51. The number of halogens is 1. The minimum absolute atomic E-state index is 0. The maximum Gasteiger partial charge on any atom is 0.0701 e. The molecule has 0 bridgehead atoms. The minimum Gasteiger partial charge on any atom is -0.256 e. The summed E-state index contributed by atoms with van der Waals surface area (Å²) in [6, 6.07) is 12.1. The van der Waals surface area contributed by atoms with E-state index >= 15 is 0 Å². The van der Waals surface area contributed by atoms with Gasteiger partial charge in [-0.2, -0.15) is 0 Å². The number of aromatic nitrogens is 1. The second kappa shape index (κ2) is 5.27. The van der Waals surface area contributed by atoms with Crippen LogP contribution in [0.2, 0.25) is 0 Å². The molecule has 1 heterocycles. The van der Waals surface area contributed by atoms with Crippen molar-refractivity contribution in [2.24, 2.45) is 0 Å². The fraction of sp³-hybridized carbons (Fsp3) is 0. The van der Waals surface area contributed by atoms with E-state index in [-0.39, 0.29) is 32.8 Å². The zero-order valence-electron chi connectivity index (χ0n) is 6.21. The second-order valence-electron chi connectivity index (χ2n) is 2.20. The Morgan fingerprint density at radius 3 is 2.33 bits per heavy atom. The topological polar surface area (TPSA) is 12.9 Å². The van der Waals surface area contributed by atoms with Crippen LogP contribution in [-0.4, -0.2) is 4.98 Å². The van der Waals surface area contributed by atoms with Crippen LogP contribution in [0.5, 0.6) is 0 Å². The molecule has 0 fully saturated rings. The van der Waals surface area contributed by atoms with Crippen molar-refractivity contribution in [3.8, 4) is 0 Å². The Morgan fingerprint density at radius 2 is 1.58 bits per heavy atom. The third kappa shape index (κ3) is 2.28. The molecule has 2 aromatic rings. The van der Waals surface area contributed by atoms with Gasteiger partial charge in [-0.1, -0.05) is 24.3 Å². The van der Waals surface area contributed by atoms with Crippen molar-refractivity contribution in [2.75, 3.05) is 0 Å². The zero-order valence-corrected chi connectivity index (χ0v) is 8.58. The van der Waals surface area contributed by atoms with Crippen LogP contribution < -0.4 is 0 Å². The molecule has 1 aromatic heterocycles. The summed E-state index contributed by atoms with van der Waals surface area (Å²) in [4.78, 5) is 4.18. The number of fused-ring (bicyclic) bond motifs is 1. The zero-order chi connectivity index (χ0) is 6.81. The summed E-state index contributed by atoms with van der Waals surface area (Å²) in [6.07, 6.45) is 1.81. The fourth-order valence-corrected chi connectivity index (χ4v) is 1.02. The second-order valence-corrected chi connectivity index (χ2v) is 2.20. The summed E-state index contributed by atoms with van der Waals surface area (Å²) in [5.41, 5.74) is 1.06. The fourth-order valence-electron chi connectivity index (χ4n) is 1.02. The van der Waals surface area contributed by atoms with E-state index in [2.05, 4.69) is 17.1 Å². The number of nitrogens with zero attached hydrogens (tertiary/aromatic N) is 1. The van der Waals surface area contributed by atoms with Crippen LogP contribution in [0.15, 0.2) is 42.6 Å². The molecule has 1 aromatic carbocycles. The molecule has 0 saturated heterocycles. The molecule has 12 heavy (non-hydrogen) atoms. The molecule has 0 N–H and O–H groups in total. The molecule has 66 valence electrons. The van der Waals surface area contributed by atoms with E-state index in [0.717, 1.165) is 5.52 Å². The number of hydrogen-bond donors (Lipinski definition) is 0. The molecule has 0 amide bonds. The van der Waals surface area contributed by atoms with Gasteiger partial charge in [0.25, 0.3) is 0 Å². The van der Waals surface area contributed by atoms with Gasteiger partial charge in [0, 0.05) is 32.0 Å². The predicted molar refractivity (Wildman–Crippen MR) is 49.0 cm³/mol. The van der Waals surface area contributed by atoms with Crippen LogP contribution in [0, 0.1) is 0 Å². The van der Waals surface area contributed by atoms with Crippen LogP contribution in [0.3, 0.4) is 0 Å². The minimum atomic E-state index is 0. The Labute approximate surface area is 91.3 Å². The van der Waals surface area contributed by atoms with Gasteiger partial charge in [0.05, 0.1) is 5.52 Å². The first kappa shape index (κ1) is 11.6. The largest absolute Gasteiger partial charge is 0.256 e. The van der Waals surface area contributed by atoms with Gasteiger partial charge in [-0.05, 0) is 12.1 Å². The van der Waals surface area contributed by atoms with Gasteiger partial charge in [-0.3, -0.25) is 4.98 Å². The van der Waals surface area contributed by atoms with Crippen molar-refractivity contribution in [3.05, 3.63) is 42.6 Å². The average Bonchev–Trinajstić information content (AvgIpc) is 2.05. The van der Waals surface area contributed by atoms with Crippen molar-refractivity contribution in [3.63, 3.8) is 0 Å². The van der Waals surface area contributed by atoms with E-state index in [4.69, 9.17) is 0 Å². The molecule has 0 saturated carbocycles. The van der Waals surface area contributed by atoms with Gasteiger partial charge in [0.1, 0.15) is 0 Å². The summed E-state index contributed by atoms with van der Waals surface area (Å²) >= 11 is 0. The normalized spacial score (nSPS) is 8.33. The third-order valence-electron chi connectivity index (χ3n) is 1.51. The number of benzene rings is 1. The van der Waals surface area contributed by atoms with E-state index in [1.807, 2.05) is 30.5 Å². The van der Waals surface area contributed by atoms with Crippen molar-refractivity contribution < 1.29 is 20.4 Å². The van der Waals surface area contributed by atoms with E-state index in [1.54, 1.807) is 0 Å². The van der Waals surface area contributed by atoms with E-state index in [1.165, 1.54) is 5.39 Å². The quantitative estimate of drug-likeness (QED) is 0.672. The standard InChI is InChI=1S/C9H7N.ClH.Pd/c1-2-6-9-8(4-1)5-3-7-10-9;;/h1-7H;1H;. The van der Waals surface area contributed by atoms with Crippen LogP contribution in [0.1, 0.15) is 0 Å². The van der Waals surface area contributed by atoms with Gasteiger partial charge in [-0.15, -0.1) is 12.4 Å². The summed E-state index contributed by atoms with van der Waals surface area (Å²) in [7, 11) is 0. The molecule has 1 nitrogen and oxygen atoms in total. The van der Waals surface area contributed by atoms with Crippen molar-refractivity contribution >= 4 is 23.3 Å². The number of rotatable bonds is 0. The molecule has 0 aliphatic carbocycles. The van der Waals surface area contributed by atoms with E-state index < -0.39 is 0 Å². The van der Waals surface area contributed by atoms with Crippen LogP contribution in [-0.2, 0) is 20.4 Å². The van der Waals surface area contributed by atoms with Crippen LogP contribution >= 0.6 is 12.4 Å². The Balaban J connectivity index is 0.000000605. The molecular weight excluding hydrogens is 264 g/mol. The number of para-hydroxylation sites is 1. The summed E-state index contributed by atoms with van der Waals surface area (Å²) in [5.74, 6) is 0. The first-order valence-electron chi connectivity index (χ1n) is 3.26. The Hall–Kier alpha value is -0.418. The van der Waals surface area contributed by atoms with Crippen molar-refractivity contribution in [2.45, 2.75) is 0 Å². The molecule has 0 spiro atoms. The summed E-state index contributed by atoms with van der Waals surface area (Å²) < 4.78 is 0. The maximum atomic E-state index is 4.18. The van der Waals surface area contributed by atoms with E-state index in [0.29, 0.717) is 0 Å². The molecule has 0 unspecified atom stereocenters. The smallest absolute Gasteiger partial charge is 0.0701 e. The Kier molecular flexibility index (Phi) is 5.08. The molecule has 0 atom stereocenters. The summed E-state index contributed by atoms with van der Waals surface area (Å²) in [6.45, 7) is 0. The number of pyridine rings is 1. The molecule has 0 radical (unpaired) electrons.